The minimum Gasteiger partial charge on any atom is -0.454 e. The first-order valence-corrected chi connectivity index (χ1v) is 19.3. The summed E-state index contributed by atoms with van der Waals surface area (Å²) in [5.74, 6) is 0.674. The summed E-state index contributed by atoms with van der Waals surface area (Å²) in [6.07, 6.45) is 0. The van der Waals surface area contributed by atoms with Gasteiger partial charge in [-0.25, -0.2) is 9.97 Å². The molecule has 4 heterocycles. The van der Waals surface area contributed by atoms with E-state index in [9.17, 15) is 0 Å². The van der Waals surface area contributed by atoms with Gasteiger partial charge in [0.25, 0.3) is 0 Å². The Morgan fingerprint density at radius 2 is 1.20 bits per heavy atom. The van der Waals surface area contributed by atoms with Crippen molar-refractivity contribution in [3.63, 3.8) is 0 Å². The third kappa shape index (κ3) is 4.57. The third-order valence-corrected chi connectivity index (χ3v) is 12.2. The van der Waals surface area contributed by atoms with Crippen molar-refractivity contribution in [2.24, 2.45) is 0 Å². The highest BCUT2D eigenvalue weighted by Gasteiger charge is 2.21. The van der Waals surface area contributed by atoms with Gasteiger partial charge >= 0.3 is 0 Å². The number of fused-ring (bicyclic) bond motifs is 11. The van der Waals surface area contributed by atoms with Crippen LogP contribution in [0.4, 0.5) is 0 Å². The summed E-state index contributed by atoms with van der Waals surface area (Å²) < 4.78 is 11.6. The second-order valence-electron chi connectivity index (χ2n) is 14.1. The van der Waals surface area contributed by atoms with Gasteiger partial charge in [0.05, 0.1) is 32.6 Å². The number of aromatic nitrogens is 3. The van der Waals surface area contributed by atoms with Gasteiger partial charge < -0.3 is 8.98 Å². The molecule has 0 bridgehead atoms. The quantitative estimate of drug-likeness (QED) is 0.182. The monoisotopic (exact) mass is 719 g/mol. The summed E-state index contributed by atoms with van der Waals surface area (Å²) in [6, 6.07) is 62.4. The Labute approximate surface area is 319 Å². The highest BCUT2D eigenvalue weighted by Crippen LogP contribution is 2.43. The number of rotatable bonds is 4. The highest BCUT2D eigenvalue weighted by atomic mass is 32.1. The van der Waals surface area contributed by atoms with E-state index in [0.29, 0.717) is 5.82 Å². The molecular weight excluding hydrogens is 691 g/mol. The molecule has 4 nitrogen and oxygen atoms in total. The predicted molar refractivity (Wildman–Crippen MR) is 230 cm³/mol. The summed E-state index contributed by atoms with van der Waals surface area (Å²) in [7, 11) is 0. The molecule has 0 saturated carbocycles. The normalized spacial score (nSPS) is 12.0. The smallest absolute Gasteiger partial charge is 0.160 e. The minimum absolute atomic E-state index is 0.674. The van der Waals surface area contributed by atoms with Crippen molar-refractivity contribution in [3.8, 4) is 39.5 Å². The fourth-order valence-corrected chi connectivity index (χ4v) is 9.63. The van der Waals surface area contributed by atoms with E-state index < -0.39 is 0 Å². The van der Waals surface area contributed by atoms with Gasteiger partial charge in [-0.1, -0.05) is 140 Å². The van der Waals surface area contributed by atoms with E-state index in [2.05, 4.69) is 180 Å². The Bertz CT molecular complexity index is 3500. The van der Waals surface area contributed by atoms with E-state index in [0.717, 1.165) is 71.1 Å². The molecule has 8 aromatic carbocycles. The second-order valence-corrected chi connectivity index (χ2v) is 15.2. The predicted octanol–water partition coefficient (Wildman–Crippen LogP) is 14.0. The summed E-state index contributed by atoms with van der Waals surface area (Å²) >= 11 is 1.75. The SMILES string of the molecule is c1ccc(-c2cccc(-c3nc(-c4ccc5c(c4)oc4c(-n6c7ccccc7c7ccc8ccccc8c76)cccc45)nc4c3sc3ccccc34)c2)cc1. The Balaban J connectivity index is 1.08. The van der Waals surface area contributed by atoms with Gasteiger partial charge in [0.2, 0.25) is 0 Å². The number of hydrogen-bond acceptors (Lipinski definition) is 4. The van der Waals surface area contributed by atoms with E-state index >= 15 is 0 Å². The average molecular weight is 720 g/mol. The van der Waals surface area contributed by atoms with Crippen LogP contribution in [0.25, 0.3) is 114 Å². The van der Waals surface area contributed by atoms with Crippen molar-refractivity contribution in [2.45, 2.75) is 0 Å². The maximum absolute atomic E-state index is 6.93. The fraction of sp³-hybridized carbons (Fsp3) is 0. The van der Waals surface area contributed by atoms with Crippen LogP contribution in [0.5, 0.6) is 0 Å². The van der Waals surface area contributed by atoms with Crippen LogP contribution in [0, 0.1) is 0 Å². The molecule has 0 saturated heterocycles. The summed E-state index contributed by atoms with van der Waals surface area (Å²) in [5.41, 5.74) is 11.2. The molecule has 0 unspecified atom stereocenters. The average Bonchev–Trinajstić information content (AvgIpc) is 3.93. The van der Waals surface area contributed by atoms with Crippen LogP contribution in [0.1, 0.15) is 0 Å². The highest BCUT2D eigenvalue weighted by molar-refractivity contribution is 7.26. The number of nitrogens with zero attached hydrogens (tertiary/aromatic N) is 3. The van der Waals surface area contributed by atoms with Crippen molar-refractivity contribution in [2.75, 3.05) is 0 Å². The molecule has 4 aromatic heterocycles. The van der Waals surface area contributed by atoms with Gasteiger partial charge in [-0.05, 0) is 52.9 Å². The number of para-hydroxylation sites is 2. The van der Waals surface area contributed by atoms with Crippen LogP contribution < -0.4 is 0 Å². The lowest BCUT2D eigenvalue weighted by Crippen LogP contribution is -1.95. The van der Waals surface area contributed by atoms with Crippen molar-refractivity contribution in [1.82, 2.24) is 14.5 Å². The Morgan fingerprint density at radius 3 is 2.13 bits per heavy atom. The molecule has 12 rings (SSSR count). The molecule has 0 aliphatic rings. The van der Waals surface area contributed by atoms with Gasteiger partial charge in [-0.15, -0.1) is 11.3 Å². The van der Waals surface area contributed by atoms with E-state index in [4.69, 9.17) is 14.4 Å². The largest absolute Gasteiger partial charge is 0.454 e. The van der Waals surface area contributed by atoms with Crippen LogP contribution in [0.15, 0.2) is 180 Å². The minimum atomic E-state index is 0.674. The van der Waals surface area contributed by atoms with Crippen LogP contribution in [-0.4, -0.2) is 14.5 Å². The maximum Gasteiger partial charge on any atom is 0.160 e. The lowest BCUT2D eigenvalue weighted by molar-refractivity contribution is 0.666. The molecular formula is C50H29N3OS. The number of hydrogen-bond donors (Lipinski definition) is 0. The van der Waals surface area contributed by atoms with Crippen LogP contribution in [0.2, 0.25) is 0 Å². The van der Waals surface area contributed by atoms with E-state index in [1.165, 1.54) is 37.3 Å². The molecule has 256 valence electrons. The summed E-state index contributed by atoms with van der Waals surface area (Å²) in [6.45, 7) is 0. The van der Waals surface area contributed by atoms with Crippen molar-refractivity contribution < 1.29 is 4.42 Å². The molecule has 0 N–H and O–H groups in total. The summed E-state index contributed by atoms with van der Waals surface area (Å²) in [5, 5.41) is 8.14. The first-order chi connectivity index (χ1) is 27.3. The molecule has 5 heteroatoms. The molecule has 0 amide bonds. The molecule has 0 radical (unpaired) electrons. The molecule has 0 aliphatic heterocycles. The van der Waals surface area contributed by atoms with E-state index in [1.807, 2.05) is 0 Å². The molecule has 0 atom stereocenters. The standard InChI is InChI=1S/C50H29N3OS/c1-2-12-30(13-3-1)32-15-10-16-33(28-32)45-49-46(40-19-7-9-23-44(40)55-49)52-50(51-45)34-25-26-37-39-20-11-22-42(48(39)54-43(37)29-34)53-41-21-8-6-18-36(41)38-27-24-31-14-4-5-17-35(31)47(38)53/h1-29H. The van der Waals surface area contributed by atoms with Gasteiger partial charge in [0.15, 0.2) is 11.4 Å². The van der Waals surface area contributed by atoms with Crippen molar-refractivity contribution in [3.05, 3.63) is 176 Å². The molecule has 0 spiro atoms. The third-order valence-electron chi connectivity index (χ3n) is 11.0. The molecule has 0 fully saturated rings. The maximum atomic E-state index is 6.93. The Morgan fingerprint density at radius 1 is 0.473 bits per heavy atom. The topological polar surface area (TPSA) is 43.9 Å². The fourth-order valence-electron chi connectivity index (χ4n) is 8.47. The Kier molecular flexibility index (Phi) is 6.47. The zero-order chi connectivity index (χ0) is 36.0. The van der Waals surface area contributed by atoms with E-state index in [-0.39, 0.29) is 0 Å². The van der Waals surface area contributed by atoms with Crippen LogP contribution in [0.3, 0.4) is 0 Å². The lowest BCUT2D eigenvalue weighted by atomic mass is 10.0. The summed E-state index contributed by atoms with van der Waals surface area (Å²) in [4.78, 5) is 10.6. The van der Waals surface area contributed by atoms with Gasteiger partial charge in [0, 0.05) is 48.1 Å². The Hall–Kier alpha value is -7.08. The number of furan rings is 1. The number of benzene rings is 8. The van der Waals surface area contributed by atoms with Crippen LogP contribution in [-0.2, 0) is 0 Å². The van der Waals surface area contributed by atoms with Crippen molar-refractivity contribution in [1.29, 1.82) is 0 Å². The van der Waals surface area contributed by atoms with Crippen LogP contribution >= 0.6 is 11.3 Å². The van der Waals surface area contributed by atoms with Gasteiger partial charge in [-0.3, -0.25) is 0 Å². The molecule has 0 aliphatic carbocycles. The van der Waals surface area contributed by atoms with Gasteiger partial charge in [-0.2, -0.15) is 0 Å². The molecule has 12 aromatic rings. The first kappa shape index (κ1) is 30.4. The number of thiophene rings is 1. The lowest BCUT2D eigenvalue weighted by Gasteiger charge is -2.10. The van der Waals surface area contributed by atoms with Crippen molar-refractivity contribution >= 4 is 86.2 Å². The zero-order valence-electron chi connectivity index (χ0n) is 29.4. The molecule has 55 heavy (non-hydrogen) atoms. The first-order valence-electron chi connectivity index (χ1n) is 18.5. The second kappa shape index (κ2) is 11.7. The van der Waals surface area contributed by atoms with E-state index in [1.54, 1.807) is 11.3 Å². The zero-order valence-corrected chi connectivity index (χ0v) is 30.2. The van der Waals surface area contributed by atoms with Gasteiger partial charge in [0.1, 0.15) is 5.58 Å².